The van der Waals surface area contributed by atoms with Gasteiger partial charge >= 0.3 is 5.97 Å². The van der Waals surface area contributed by atoms with Gasteiger partial charge in [0.1, 0.15) is 27.6 Å². The second-order valence-electron chi connectivity index (χ2n) is 6.50. The Hall–Kier alpha value is -3.45. The van der Waals surface area contributed by atoms with Gasteiger partial charge in [-0.2, -0.15) is 0 Å². The highest BCUT2D eigenvalue weighted by molar-refractivity contribution is 7.20. The molecule has 4 aromatic rings. The van der Waals surface area contributed by atoms with Crippen molar-refractivity contribution in [3.05, 3.63) is 76.9 Å². The van der Waals surface area contributed by atoms with Crippen molar-refractivity contribution < 1.29 is 14.6 Å². The summed E-state index contributed by atoms with van der Waals surface area (Å²) in [7, 11) is 0. The van der Waals surface area contributed by atoms with Gasteiger partial charge in [-0.3, -0.25) is 0 Å². The number of thiophene rings is 1. The molecule has 0 amide bonds. The number of fused-ring (bicyclic) bond motifs is 1. The lowest BCUT2D eigenvalue weighted by atomic mass is 10.2. The summed E-state index contributed by atoms with van der Waals surface area (Å²) in [5.74, 6) is 0.449. The van der Waals surface area contributed by atoms with Crippen molar-refractivity contribution >= 4 is 39.0 Å². The molecule has 0 radical (unpaired) electrons. The van der Waals surface area contributed by atoms with E-state index in [2.05, 4.69) is 15.3 Å². The van der Waals surface area contributed by atoms with Crippen LogP contribution < -0.4 is 5.32 Å². The second kappa shape index (κ2) is 8.28. The zero-order valence-electron chi connectivity index (χ0n) is 15.8. The van der Waals surface area contributed by atoms with Crippen LogP contribution in [-0.4, -0.2) is 27.7 Å². The molecule has 4 rings (SSSR count). The van der Waals surface area contributed by atoms with Crippen LogP contribution in [0.2, 0.25) is 0 Å². The van der Waals surface area contributed by atoms with Crippen LogP contribution in [0.1, 0.15) is 20.8 Å². The zero-order chi connectivity index (χ0) is 20.2. The van der Waals surface area contributed by atoms with Crippen molar-refractivity contribution in [3.63, 3.8) is 0 Å². The predicted molar refractivity (Wildman–Crippen MR) is 114 cm³/mol. The topological polar surface area (TPSA) is 84.3 Å². The molecule has 0 saturated carbocycles. The van der Waals surface area contributed by atoms with Crippen molar-refractivity contribution in [1.82, 2.24) is 9.97 Å². The van der Waals surface area contributed by atoms with Gasteiger partial charge in [0.15, 0.2) is 0 Å². The molecule has 2 heterocycles. The average molecular weight is 405 g/mol. The molecule has 7 heteroatoms. The van der Waals surface area contributed by atoms with E-state index in [1.54, 1.807) is 24.3 Å². The van der Waals surface area contributed by atoms with E-state index in [-0.39, 0.29) is 11.7 Å². The molecule has 29 heavy (non-hydrogen) atoms. The van der Waals surface area contributed by atoms with Gasteiger partial charge in [0, 0.05) is 12.1 Å². The number of hydrogen-bond donors (Lipinski definition) is 2. The zero-order valence-corrected chi connectivity index (χ0v) is 16.6. The van der Waals surface area contributed by atoms with Gasteiger partial charge in [0.2, 0.25) is 0 Å². The van der Waals surface area contributed by atoms with Crippen LogP contribution in [0.3, 0.4) is 0 Å². The Morgan fingerprint density at radius 1 is 1.10 bits per heavy atom. The molecule has 0 aliphatic heterocycles. The molecule has 2 N–H and O–H groups in total. The highest BCUT2D eigenvalue weighted by Crippen LogP contribution is 2.35. The van der Waals surface area contributed by atoms with Gasteiger partial charge in [-0.1, -0.05) is 30.3 Å². The Labute approximate surface area is 171 Å². The van der Waals surface area contributed by atoms with Crippen LogP contribution in [0.4, 0.5) is 11.5 Å². The summed E-state index contributed by atoms with van der Waals surface area (Å²) in [4.78, 5) is 22.5. The quantitative estimate of drug-likeness (QED) is 0.352. The molecular weight excluding hydrogens is 386 g/mol. The Bertz CT molecular complexity index is 1140. The fourth-order valence-corrected chi connectivity index (χ4v) is 4.06. The number of hydrogen-bond acceptors (Lipinski definition) is 7. The van der Waals surface area contributed by atoms with Crippen molar-refractivity contribution in [1.29, 1.82) is 0 Å². The van der Waals surface area contributed by atoms with E-state index in [9.17, 15) is 9.90 Å². The first kappa shape index (κ1) is 18.9. The Balaban J connectivity index is 1.53. The number of aromatic nitrogens is 2. The minimum Gasteiger partial charge on any atom is -0.508 e. The summed E-state index contributed by atoms with van der Waals surface area (Å²) in [6.07, 6.45) is 2.13. The predicted octanol–water partition coefficient (Wildman–Crippen LogP) is 4.85. The van der Waals surface area contributed by atoms with Crippen LogP contribution in [0.15, 0.2) is 60.9 Å². The summed E-state index contributed by atoms with van der Waals surface area (Å²) in [5, 5.41) is 13.5. The second-order valence-corrected chi connectivity index (χ2v) is 7.50. The van der Waals surface area contributed by atoms with Crippen molar-refractivity contribution in [2.45, 2.75) is 13.3 Å². The Kier molecular flexibility index (Phi) is 5.39. The number of rotatable bonds is 6. The fraction of sp³-hybridized carbons (Fsp3) is 0.136. The largest absolute Gasteiger partial charge is 0.508 e. The lowest BCUT2D eigenvalue weighted by Crippen LogP contribution is -2.07. The molecule has 0 fully saturated rings. The average Bonchev–Trinajstić information content (AvgIpc) is 3.08. The minimum atomic E-state index is -0.350. The number of ether oxygens (including phenoxy) is 1. The number of carbonyl (C=O) groups is 1. The molecule has 0 unspecified atom stereocenters. The van der Waals surface area contributed by atoms with Gasteiger partial charge in [-0.05, 0) is 42.3 Å². The SMILES string of the molecule is Cc1c(C(=O)OCCc2ccccc2)sc2ncnc(Nc3ccc(O)cc3)c12. The van der Waals surface area contributed by atoms with Gasteiger partial charge in [-0.25, -0.2) is 14.8 Å². The number of benzene rings is 2. The summed E-state index contributed by atoms with van der Waals surface area (Å²) >= 11 is 1.30. The molecule has 146 valence electrons. The number of nitrogens with one attached hydrogen (secondary N) is 1. The third kappa shape index (κ3) is 4.20. The molecular formula is C22H19N3O3S. The number of phenols is 1. The first-order chi connectivity index (χ1) is 14.1. The molecule has 2 aromatic heterocycles. The van der Waals surface area contributed by atoms with Crippen LogP contribution in [-0.2, 0) is 11.2 Å². The number of carbonyl (C=O) groups excluding carboxylic acids is 1. The van der Waals surface area contributed by atoms with Crippen LogP contribution in [0.25, 0.3) is 10.2 Å². The molecule has 0 atom stereocenters. The van der Waals surface area contributed by atoms with E-state index in [0.717, 1.165) is 22.2 Å². The fourth-order valence-electron chi connectivity index (χ4n) is 3.01. The van der Waals surface area contributed by atoms with E-state index in [0.29, 0.717) is 28.6 Å². The lowest BCUT2D eigenvalue weighted by Gasteiger charge is -2.07. The van der Waals surface area contributed by atoms with E-state index >= 15 is 0 Å². The third-order valence-electron chi connectivity index (χ3n) is 4.51. The highest BCUT2D eigenvalue weighted by Gasteiger charge is 2.20. The molecule has 6 nitrogen and oxygen atoms in total. The Morgan fingerprint density at radius 3 is 2.62 bits per heavy atom. The summed E-state index contributed by atoms with van der Waals surface area (Å²) in [6, 6.07) is 16.6. The number of anilines is 2. The Morgan fingerprint density at radius 2 is 1.86 bits per heavy atom. The highest BCUT2D eigenvalue weighted by atomic mass is 32.1. The number of phenolic OH excluding ortho intramolecular Hbond substituents is 1. The molecule has 2 aromatic carbocycles. The third-order valence-corrected chi connectivity index (χ3v) is 5.69. The van der Waals surface area contributed by atoms with Crippen molar-refractivity contribution in [2.75, 3.05) is 11.9 Å². The molecule has 0 spiro atoms. The van der Waals surface area contributed by atoms with E-state index in [1.807, 2.05) is 37.3 Å². The van der Waals surface area contributed by atoms with E-state index in [4.69, 9.17) is 4.74 Å². The van der Waals surface area contributed by atoms with Crippen LogP contribution in [0.5, 0.6) is 5.75 Å². The maximum absolute atomic E-state index is 12.6. The smallest absolute Gasteiger partial charge is 0.348 e. The standard InChI is InChI=1S/C22H19N3O3S/c1-14-18-20(25-16-7-9-17(26)10-8-16)23-13-24-21(18)29-19(14)22(27)28-12-11-15-5-3-2-4-6-15/h2-10,13,26H,11-12H2,1H3,(H,23,24,25). The van der Waals surface area contributed by atoms with Gasteiger partial charge in [-0.15, -0.1) is 11.3 Å². The van der Waals surface area contributed by atoms with Crippen molar-refractivity contribution in [2.24, 2.45) is 0 Å². The van der Waals surface area contributed by atoms with E-state index < -0.39 is 0 Å². The minimum absolute atomic E-state index is 0.190. The number of esters is 1. The summed E-state index contributed by atoms with van der Waals surface area (Å²) in [6.45, 7) is 2.19. The van der Waals surface area contributed by atoms with Gasteiger partial charge < -0.3 is 15.2 Å². The maximum atomic E-state index is 12.6. The monoisotopic (exact) mass is 405 g/mol. The molecule has 0 bridgehead atoms. The normalized spacial score (nSPS) is 10.8. The van der Waals surface area contributed by atoms with Crippen LogP contribution in [0, 0.1) is 6.92 Å². The van der Waals surface area contributed by atoms with Gasteiger partial charge in [0.05, 0.1) is 12.0 Å². The van der Waals surface area contributed by atoms with Crippen molar-refractivity contribution in [3.8, 4) is 5.75 Å². The lowest BCUT2D eigenvalue weighted by molar-refractivity contribution is 0.0514. The van der Waals surface area contributed by atoms with Crippen LogP contribution >= 0.6 is 11.3 Å². The summed E-state index contributed by atoms with van der Waals surface area (Å²) < 4.78 is 5.49. The van der Waals surface area contributed by atoms with E-state index in [1.165, 1.54) is 17.7 Å². The maximum Gasteiger partial charge on any atom is 0.348 e. The number of aromatic hydroxyl groups is 1. The molecule has 0 saturated heterocycles. The number of aryl methyl sites for hydroxylation is 1. The summed E-state index contributed by atoms with van der Waals surface area (Å²) in [5.41, 5.74) is 2.69. The van der Waals surface area contributed by atoms with Gasteiger partial charge in [0.25, 0.3) is 0 Å². The first-order valence-corrected chi connectivity index (χ1v) is 9.94. The number of nitrogens with zero attached hydrogens (tertiary/aromatic N) is 2. The molecule has 0 aliphatic rings. The first-order valence-electron chi connectivity index (χ1n) is 9.13. The molecule has 0 aliphatic carbocycles.